The van der Waals surface area contributed by atoms with Gasteiger partial charge in [0.05, 0.1) is 30.0 Å². The molecule has 0 bridgehead atoms. The summed E-state index contributed by atoms with van der Waals surface area (Å²) in [5.74, 6) is -0.497. The molecule has 0 unspecified atom stereocenters. The summed E-state index contributed by atoms with van der Waals surface area (Å²) in [7, 11) is 1.16. The number of ether oxygens (including phenoxy) is 2. The van der Waals surface area contributed by atoms with E-state index in [9.17, 15) is 14.9 Å². The standard InChI is InChI=1S/C17H15ClN4O4/c1-25-16(24)26-10-22(17(9-19)4-5-17)15(23)13-6-11(2-3-14(13)18)12-7-20-21-8-12/h2-3,6-8H,4-5,10H2,1H3,(H,20,21). The third-order valence-corrected chi connectivity index (χ3v) is 4.53. The summed E-state index contributed by atoms with van der Waals surface area (Å²) in [6.07, 6.45) is 3.37. The summed E-state index contributed by atoms with van der Waals surface area (Å²) in [6.45, 7) is -0.397. The molecule has 8 nitrogen and oxygen atoms in total. The van der Waals surface area contributed by atoms with Crippen LogP contribution in [-0.4, -0.2) is 46.5 Å². The lowest BCUT2D eigenvalue weighted by Crippen LogP contribution is -2.43. The molecule has 1 N–H and O–H groups in total. The molecule has 1 fully saturated rings. The summed E-state index contributed by atoms with van der Waals surface area (Å²) < 4.78 is 9.33. The van der Waals surface area contributed by atoms with Gasteiger partial charge in [-0.05, 0) is 30.5 Å². The maximum absolute atomic E-state index is 13.1. The lowest BCUT2D eigenvalue weighted by Gasteiger charge is -2.27. The Balaban J connectivity index is 1.93. The summed E-state index contributed by atoms with van der Waals surface area (Å²) in [6, 6.07) is 7.10. The van der Waals surface area contributed by atoms with Crippen LogP contribution in [0.5, 0.6) is 0 Å². The molecule has 1 amide bonds. The van der Waals surface area contributed by atoms with E-state index in [-0.39, 0.29) is 10.6 Å². The van der Waals surface area contributed by atoms with Gasteiger partial charge in [0.1, 0.15) is 5.54 Å². The molecule has 1 aliphatic carbocycles. The Hall–Kier alpha value is -3.05. The average molecular weight is 375 g/mol. The number of nitrogens with zero attached hydrogens (tertiary/aromatic N) is 3. The number of amides is 1. The molecular weight excluding hydrogens is 360 g/mol. The van der Waals surface area contributed by atoms with Gasteiger partial charge in [0.25, 0.3) is 5.91 Å². The van der Waals surface area contributed by atoms with Crippen LogP contribution in [-0.2, 0) is 9.47 Å². The number of nitriles is 1. The molecule has 1 saturated carbocycles. The fourth-order valence-electron chi connectivity index (χ4n) is 2.54. The first-order valence-corrected chi connectivity index (χ1v) is 8.11. The largest absolute Gasteiger partial charge is 0.509 e. The lowest BCUT2D eigenvalue weighted by atomic mass is 10.0. The van der Waals surface area contributed by atoms with E-state index in [4.69, 9.17) is 16.3 Å². The Labute approximate surface area is 154 Å². The van der Waals surface area contributed by atoms with E-state index in [1.165, 1.54) is 4.90 Å². The third-order valence-electron chi connectivity index (χ3n) is 4.20. The number of hydrogen-bond acceptors (Lipinski definition) is 6. The Morgan fingerprint density at radius 3 is 2.77 bits per heavy atom. The maximum atomic E-state index is 13.1. The van der Waals surface area contributed by atoms with Crippen LogP contribution in [0.1, 0.15) is 23.2 Å². The molecule has 1 aromatic carbocycles. The highest BCUT2D eigenvalue weighted by Gasteiger charge is 2.52. The van der Waals surface area contributed by atoms with Crippen molar-refractivity contribution in [3.05, 3.63) is 41.2 Å². The van der Waals surface area contributed by atoms with Crippen molar-refractivity contribution in [3.63, 3.8) is 0 Å². The number of nitrogens with one attached hydrogen (secondary N) is 1. The smallest absolute Gasteiger partial charge is 0.438 e. The lowest BCUT2D eigenvalue weighted by molar-refractivity contribution is 0.0125. The fourth-order valence-corrected chi connectivity index (χ4v) is 2.73. The number of benzene rings is 1. The first kappa shape index (κ1) is 17.8. The van der Waals surface area contributed by atoms with Crippen molar-refractivity contribution in [1.82, 2.24) is 15.1 Å². The van der Waals surface area contributed by atoms with Gasteiger partial charge in [-0.1, -0.05) is 17.7 Å². The predicted octanol–water partition coefficient (Wildman–Crippen LogP) is 2.97. The predicted molar refractivity (Wildman–Crippen MR) is 91.1 cm³/mol. The van der Waals surface area contributed by atoms with Crippen LogP contribution in [0.4, 0.5) is 4.79 Å². The highest BCUT2D eigenvalue weighted by atomic mass is 35.5. The number of rotatable bonds is 5. The van der Waals surface area contributed by atoms with E-state index in [2.05, 4.69) is 21.0 Å². The van der Waals surface area contributed by atoms with Gasteiger partial charge in [0, 0.05) is 11.8 Å². The van der Waals surface area contributed by atoms with Crippen LogP contribution in [0.25, 0.3) is 11.1 Å². The Morgan fingerprint density at radius 2 is 2.19 bits per heavy atom. The molecule has 1 aromatic heterocycles. The van der Waals surface area contributed by atoms with E-state index in [0.717, 1.165) is 18.2 Å². The SMILES string of the molecule is COC(=O)OCN(C(=O)c1cc(-c2cn[nH]c2)ccc1Cl)C1(C#N)CC1. The second-order valence-electron chi connectivity index (χ2n) is 5.79. The van der Waals surface area contributed by atoms with Crippen molar-refractivity contribution in [2.45, 2.75) is 18.4 Å². The monoisotopic (exact) mass is 374 g/mol. The van der Waals surface area contributed by atoms with Gasteiger partial charge < -0.3 is 9.47 Å². The molecule has 1 heterocycles. The van der Waals surface area contributed by atoms with Crippen molar-refractivity contribution < 1.29 is 19.1 Å². The molecule has 3 rings (SSSR count). The summed E-state index contributed by atoms with van der Waals surface area (Å²) in [5.41, 5.74) is 0.733. The van der Waals surface area contributed by atoms with Crippen molar-refractivity contribution in [3.8, 4) is 17.2 Å². The average Bonchev–Trinajstić information content (AvgIpc) is 3.25. The van der Waals surface area contributed by atoms with Gasteiger partial charge in [0.2, 0.25) is 0 Å². The molecule has 26 heavy (non-hydrogen) atoms. The number of methoxy groups -OCH3 is 1. The van der Waals surface area contributed by atoms with Gasteiger partial charge in [-0.2, -0.15) is 10.4 Å². The zero-order chi connectivity index (χ0) is 18.7. The number of aromatic amines is 1. The van der Waals surface area contributed by atoms with E-state index >= 15 is 0 Å². The second-order valence-corrected chi connectivity index (χ2v) is 6.19. The minimum absolute atomic E-state index is 0.209. The van der Waals surface area contributed by atoms with Crippen LogP contribution >= 0.6 is 11.6 Å². The topological polar surface area (TPSA) is 108 Å². The number of hydrogen-bond donors (Lipinski definition) is 1. The quantitative estimate of drug-likeness (QED) is 0.636. The van der Waals surface area contributed by atoms with Gasteiger partial charge in [0.15, 0.2) is 6.73 Å². The van der Waals surface area contributed by atoms with E-state index < -0.39 is 24.3 Å². The fraction of sp³-hybridized carbons (Fsp3) is 0.294. The Bertz CT molecular complexity index is 871. The van der Waals surface area contributed by atoms with Gasteiger partial charge in [-0.15, -0.1) is 0 Å². The highest BCUT2D eigenvalue weighted by Crippen LogP contribution is 2.42. The number of carbonyl (C=O) groups excluding carboxylic acids is 2. The van der Waals surface area contributed by atoms with E-state index in [0.29, 0.717) is 12.8 Å². The minimum Gasteiger partial charge on any atom is -0.438 e. The number of halogens is 1. The Morgan fingerprint density at radius 1 is 1.42 bits per heavy atom. The molecule has 2 aromatic rings. The zero-order valence-corrected chi connectivity index (χ0v) is 14.6. The summed E-state index contributed by atoms with van der Waals surface area (Å²) in [4.78, 5) is 25.6. The van der Waals surface area contributed by atoms with Crippen LogP contribution in [0.15, 0.2) is 30.6 Å². The molecule has 0 saturated heterocycles. The molecular formula is C17H15ClN4O4. The van der Waals surface area contributed by atoms with E-state index in [1.807, 2.05) is 0 Å². The highest BCUT2D eigenvalue weighted by molar-refractivity contribution is 6.34. The van der Waals surface area contributed by atoms with E-state index in [1.54, 1.807) is 30.6 Å². The number of carbonyl (C=O) groups is 2. The minimum atomic E-state index is -1.000. The zero-order valence-electron chi connectivity index (χ0n) is 13.9. The number of H-pyrrole nitrogens is 1. The van der Waals surface area contributed by atoms with Crippen molar-refractivity contribution in [2.75, 3.05) is 13.8 Å². The van der Waals surface area contributed by atoms with Crippen molar-refractivity contribution in [2.24, 2.45) is 0 Å². The van der Waals surface area contributed by atoms with Crippen LogP contribution in [0.3, 0.4) is 0 Å². The molecule has 0 atom stereocenters. The normalized spacial score (nSPS) is 14.2. The van der Waals surface area contributed by atoms with Gasteiger partial charge >= 0.3 is 6.16 Å². The summed E-state index contributed by atoms with van der Waals surface area (Å²) >= 11 is 6.21. The molecule has 0 aliphatic heterocycles. The first-order chi connectivity index (χ1) is 12.5. The third kappa shape index (κ3) is 3.34. The molecule has 134 valence electrons. The van der Waals surface area contributed by atoms with Crippen LogP contribution < -0.4 is 0 Å². The van der Waals surface area contributed by atoms with Crippen LogP contribution in [0, 0.1) is 11.3 Å². The molecule has 1 aliphatic rings. The van der Waals surface area contributed by atoms with Crippen molar-refractivity contribution >= 4 is 23.7 Å². The molecule has 9 heteroatoms. The van der Waals surface area contributed by atoms with Gasteiger partial charge in [-0.25, -0.2) is 4.79 Å². The molecule has 0 radical (unpaired) electrons. The van der Waals surface area contributed by atoms with Gasteiger partial charge in [-0.3, -0.25) is 14.8 Å². The van der Waals surface area contributed by atoms with Crippen molar-refractivity contribution in [1.29, 1.82) is 5.26 Å². The first-order valence-electron chi connectivity index (χ1n) is 7.73. The molecule has 0 spiro atoms. The number of aromatic nitrogens is 2. The maximum Gasteiger partial charge on any atom is 0.509 e. The summed E-state index contributed by atoms with van der Waals surface area (Å²) in [5, 5.41) is 16.3. The van der Waals surface area contributed by atoms with Crippen LogP contribution in [0.2, 0.25) is 5.02 Å². The second kappa shape index (κ2) is 7.06. The Kier molecular flexibility index (Phi) is 4.82.